The lowest BCUT2D eigenvalue weighted by molar-refractivity contribution is 0.285. The summed E-state index contributed by atoms with van der Waals surface area (Å²) in [6, 6.07) is 2.54. The maximum Gasteiger partial charge on any atom is 0.239 e. The van der Waals surface area contributed by atoms with Crippen molar-refractivity contribution in [2.45, 2.75) is 45.4 Å². The molecule has 0 N–H and O–H groups in total. The van der Waals surface area contributed by atoms with Crippen LogP contribution in [0.1, 0.15) is 45.4 Å². The highest BCUT2D eigenvalue weighted by Gasteiger charge is 2.19. The number of nitrogens with zero attached hydrogens (tertiary/aromatic N) is 2. The normalized spacial score (nSPS) is 10.8. The highest BCUT2D eigenvalue weighted by molar-refractivity contribution is 5.61. The lowest BCUT2D eigenvalue weighted by Gasteiger charge is -2.10. The van der Waals surface area contributed by atoms with Gasteiger partial charge in [-0.25, -0.2) is 14.4 Å². The first-order valence-electron chi connectivity index (χ1n) is 8.22. The van der Waals surface area contributed by atoms with E-state index in [0.717, 1.165) is 25.5 Å². The van der Waals surface area contributed by atoms with Gasteiger partial charge in [-0.15, -0.1) is 0 Å². The smallest absolute Gasteiger partial charge is 0.239 e. The van der Waals surface area contributed by atoms with Gasteiger partial charge in [0.2, 0.25) is 11.8 Å². The van der Waals surface area contributed by atoms with Crippen molar-refractivity contribution in [3.63, 3.8) is 0 Å². The van der Waals surface area contributed by atoms with Crippen LogP contribution in [0.25, 0.3) is 11.3 Å². The van der Waals surface area contributed by atoms with Gasteiger partial charge in [-0.2, -0.15) is 8.78 Å². The molecule has 0 fully saturated rings. The molecule has 130 valence electrons. The Bertz CT molecular complexity index is 665. The topological polar surface area (TPSA) is 35.0 Å². The van der Waals surface area contributed by atoms with Crippen LogP contribution >= 0.6 is 0 Å². The van der Waals surface area contributed by atoms with E-state index >= 15 is 0 Å². The van der Waals surface area contributed by atoms with E-state index < -0.39 is 17.6 Å². The second-order valence-corrected chi connectivity index (χ2v) is 5.55. The Labute approximate surface area is 139 Å². The molecule has 0 aliphatic rings. The fourth-order valence-electron chi connectivity index (χ4n) is 2.39. The lowest BCUT2D eigenvalue weighted by atomic mass is 10.1. The van der Waals surface area contributed by atoms with Gasteiger partial charge in [-0.1, -0.05) is 39.0 Å². The van der Waals surface area contributed by atoms with E-state index in [4.69, 9.17) is 4.74 Å². The highest BCUT2D eigenvalue weighted by Crippen LogP contribution is 2.29. The van der Waals surface area contributed by atoms with Crippen molar-refractivity contribution >= 4 is 0 Å². The molecule has 1 aromatic carbocycles. The van der Waals surface area contributed by atoms with Gasteiger partial charge in [0.15, 0.2) is 11.6 Å². The van der Waals surface area contributed by atoms with Gasteiger partial charge in [-0.05, 0) is 18.6 Å². The summed E-state index contributed by atoms with van der Waals surface area (Å²) in [5.41, 5.74) is -0.596. The Morgan fingerprint density at radius 3 is 2.33 bits per heavy atom. The predicted octanol–water partition coefficient (Wildman–Crippen LogP) is 5.30. The number of halogens is 3. The first-order valence-corrected chi connectivity index (χ1v) is 8.22. The zero-order valence-electron chi connectivity index (χ0n) is 13.7. The van der Waals surface area contributed by atoms with Crippen LogP contribution in [-0.4, -0.2) is 16.6 Å². The van der Waals surface area contributed by atoms with Gasteiger partial charge in [0.05, 0.1) is 6.61 Å². The highest BCUT2D eigenvalue weighted by atomic mass is 19.2. The third-order valence-electron chi connectivity index (χ3n) is 3.71. The molecule has 0 unspecified atom stereocenters. The van der Waals surface area contributed by atoms with E-state index in [1.54, 1.807) is 0 Å². The first-order chi connectivity index (χ1) is 11.6. The standard InChI is InChI=1S/C18H21F3N2O/c1-2-3-4-5-6-7-12-24-14-9-8-13(15(19)16(14)20)17-18(21)23-11-10-22-17/h8-11H,2-7,12H2,1H3. The second kappa shape index (κ2) is 9.25. The zero-order valence-corrected chi connectivity index (χ0v) is 13.7. The van der Waals surface area contributed by atoms with Crippen LogP contribution in [0, 0.1) is 17.6 Å². The van der Waals surface area contributed by atoms with Crippen LogP contribution < -0.4 is 4.74 Å². The van der Waals surface area contributed by atoms with Crippen molar-refractivity contribution in [1.29, 1.82) is 0 Å². The number of rotatable bonds is 9. The van der Waals surface area contributed by atoms with Crippen molar-refractivity contribution in [1.82, 2.24) is 9.97 Å². The molecule has 1 heterocycles. The monoisotopic (exact) mass is 338 g/mol. The maximum absolute atomic E-state index is 14.2. The van der Waals surface area contributed by atoms with Crippen molar-refractivity contribution in [3.05, 3.63) is 42.1 Å². The summed E-state index contributed by atoms with van der Waals surface area (Å²) < 4.78 is 47.1. The summed E-state index contributed by atoms with van der Waals surface area (Å²) in [7, 11) is 0. The van der Waals surface area contributed by atoms with Crippen LogP contribution in [0.3, 0.4) is 0 Å². The average molecular weight is 338 g/mol. The molecule has 0 spiro atoms. The van der Waals surface area contributed by atoms with E-state index in [1.807, 2.05) is 0 Å². The molecular formula is C18H21F3N2O. The Balaban J connectivity index is 1.96. The summed E-state index contributed by atoms with van der Waals surface area (Å²) in [5.74, 6) is -3.44. The van der Waals surface area contributed by atoms with E-state index in [2.05, 4.69) is 16.9 Å². The number of hydrogen-bond acceptors (Lipinski definition) is 3. The molecule has 0 aliphatic carbocycles. The van der Waals surface area contributed by atoms with E-state index in [9.17, 15) is 13.2 Å². The molecule has 24 heavy (non-hydrogen) atoms. The van der Waals surface area contributed by atoms with Crippen LogP contribution in [0.5, 0.6) is 5.75 Å². The molecule has 2 rings (SSSR count). The molecule has 3 nitrogen and oxygen atoms in total. The van der Waals surface area contributed by atoms with Gasteiger partial charge >= 0.3 is 0 Å². The van der Waals surface area contributed by atoms with E-state index in [1.165, 1.54) is 37.6 Å². The Morgan fingerprint density at radius 2 is 1.58 bits per heavy atom. The molecule has 1 aromatic heterocycles. The van der Waals surface area contributed by atoms with Crippen molar-refractivity contribution in [3.8, 4) is 17.0 Å². The second-order valence-electron chi connectivity index (χ2n) is 5.55. The molecule has 0 saturated carbocycles. The Kier molecular flexibility index (Phi) is 7.03. The number of unbranched alkanes of at least 4 members (excludes halogenated alkanes) is 5. The summed E-state index contributed by atoms with van der Waals surface area (Å²) >= 11 is 0. The minimum Gasteiger partial charge on any atom is -0.490 e. The van der Waals surface area contributed by atoms with Gasteiger partial charge in [-0.3, -0.25) is 0 Å². The minimum absolute atomic E-state index is 0.172. The molecule has 0 bridgehead atoms. The molecule has 0 amide bonds. The summed E-state index contributed by atoms with van der Waals surface area (Å²) in [5, 5.41) is 0. The average Bonchev–Trinajstić information content (AvgIpc) is 2.59. The third-order valence-corrected chi connectivity index (χ3v) is 3.71. The molecule has 0 atom stereocenters. The largest absolute Gasteiger partial charge is 0.490 e. The van der Waals surface area contributed by atoms with Gasteiger partial charge < -0.3 is 4.74 Å². The fourth-order valence-corrected chi connectivity index (χ4v) is 2.39. The summed E-state index contributed by atoms with van der Waals surface area (Å²) in [6.07, 6.45) is 8.82. The predicted molar refractivity (Wildman–Crippen MR) is 86.2 cm³/mol. The number of hydrogen-bond donors (Lipinski definition) is 0. The van der Waals surface area contributed by atoms with Gasteiger partial charge in [0, 0.05) is 18.0 Å². The molecule has 0 radical (unpaired) electrons. The summed E-state index contributed by atoms with van der Waals surface area (Å²) in [6.45, 7) is 2.47. The van der Waals surface area contributed by atoms with Crippen LogP contribution in [0.4, 0.5) is 13.2 Å². The van der Waals surface area contributed by atoms with E-state index in [-0.39, 0.29) is 17.0 Å². The van der Waals surface area contributed by atoms with Crippen molar-refractivity contribution < 1.29 is 17.9 Å². The zero-order chi connectivity index (χ0) is 17.4. The SMILES string of the molecule is CCCCCCCCOc1ccc(-c2nccnc2F)c(F)c1F. The molecule has 6 heteroatoms. The minimum atomic E-state index is -1.19. The maximum atomic E-state index is 14.2. The fraction of sp³-hybridized carbons (Fsp3) is 0.444. The molecular weight excluding hydrogens is 317 g/mol. The third kappa shape index (κ3) is 4.69. The molecule has 0 aliphatic heterocycles. The lowest BCUT2D eigenvalue weighted by Crippen LogP contribution is -2.03. The Morgan fingerprint density at radius 1 is 0.875 bits per heavy atom. The molecule has 0 saturated heterocycles. The number of benzene rings is 1. The quantitative estimate of drug-likeness (QED) is 0.582. The molecule has 2 aromatic rings. The van der Waals surface area contributed by atoms with E-state index in [0.29, 0.717) is 6.61 Å². The first kappa shape index (κ1) is 18.2. The number of ether oxygens (including phenoxy) is 1. The Hall–Kier alpha value is -2.11. The van der Waals surface area contributed by atoms with Gasteiger partial charge in [0.25, 0.3) is 0 Å². The van der Waals surface area contributed by atoms with Crippen LogP contribution in [0.15, 0.2) is 24.5 Å². The number of aromatic nitrogens is 2. The van der Waals surface area contributed by atoms with Crippen molar-refractivity contribution in [2.75, 3.05) is 6.61 Å². The van der Waals surface area contributed by atoms with Gasteiger partial charge in [0.1, 0.15) is 5.69 Å². The van der Waals surface area contributed by atoms with Crippen molar-refractivity contribution in [2.24, 2.45) is 0 Å². The van der Waals surface area contributed by atoms with Crippen LogP contribution in [0.2, 0.25) is 0 Å². The van der Waals surface area contributed by atoms with Crippen LogP contribution in [-0.2, 0) is 0 Å². The summed E-state index contributed by atoms with van der Waals surface area (Å²) in [4.78, 5) is 7.10.